The zero-order chi connectivity index (χ0) is 19.7. The Morgan fingerprint density at radius 2 is 2.14 bits per heavy atom. The van der Waals surface area contributed by atoms with E-state index in [0.717, 1.165) is 24.1 Å². The number of aromatic nitrogens is 5. The van der Waals surface area contributed by atoms with Crippen LogP contribution in [0.5, 0.6) is 0 Å². The van der Waals surface area contributed by atoms with Gasteiger partial charge in [0.2, 0.25) is 0 Å². The van der Waals surface area contributed by atoms with Crippen LogP contribution in [0.4, 0.5) is 0 Å². The van der Waals surface area contributed by atoms with E-state index in [9.17, 15) is 4.79 Å². The van der Waals surface area contributed by atoms with E-state index in [4.69, 9.17) is 9.51 Å². The quantitative estimate of drug-likeness (QED) is 0.744. The highest BCUT2D eigenvalue weighted by molar-refractivity contribution is 5.92. The maximum Gasteiger partial charge on any atom is 0.273 e. The summed E-state index contributed by atoms with van der Waals surface area (Å²) in [7, 11) is 0. The molecule has 1 aliphatic rings. The predicted octanol–water partition coefficient (Wildman–Crippen LogP) is 2.93. The van der Waals surface area contributed by atoms with Crippen LogP contribution in [0.1, 0.15) is 60.7 Å². The van der Waals surface area contributed by atoms with Crippen molar-refractivity contribution in [2.24, 2.45) is 5.41 Å². The standard InChI is InChI=1S/C20H22N6O2/c1-4-12-7-14(26-28-12)19(27)25-16-9-20(2,3)8-15-13(16)10-23-18(24-15)17-11-21-5-6-22-17/h5-7,10-11,16H,4,8-9H2,1-3H3,(H,25,27). The van der Waals surface area contributed by atoms with Crippen LogP contribution in [0, 0.1) is 5.41 Å². The summed E-state index contributed by atoms with van der Waals surface area (Å²) in [5.41, 5.74) is 2.76. The second-order valence-electron chi connectivity index (χ2n) is 7.79. The van der Waals surface area contributed by atoms with Gasteiger partial charge in [-0.05, 0) is 18.3 Å². The molecule has 3 heterocycles. The summed E-state index contributed by atoms with van der Waals surface area (Å²) in [6.07, 6.45) is 8.95. The first kappa shape index (κ1) is 18.2. The Bertz CT molecular complexity index is 999. The molecule has 3 aromatic rings. The van der Waals surface area contributed by atoms with Gasteiger partial charge in [-0.15, -0.1) is 0 Å². The van der Waals surface area contributed by atoms with Crippen molar-refractivity contribution in [2.45, 2.75) is 46.1 Å². The summed E-state index contributed by atoms with van der Waals surface area (Å²) in [5.74, 6) is 0.972. The molecule has 1 aliphatic carbocycles. The van der Waals surface area contributed by atoms with E-state index in [0.29, 0.717) is 29.4 Å². The summed E-state index contributed by atoms with van der Waals surface area (Å²) in [6.45, 7) is 6.29. The number of aryl methyl sites for hydroxylation is 1. The summed E-state index contributed by atoms with van der Waals surface area (Å²) in [4.78, 5) is 30.2. The molecule has 4 rings (SSSR count). The molecule has 0 saturated heterocycles. The number of fused-ring (bicyclic) bond motifs is 1. The van der Waals surface area contributed by atoms with Crippen LogP contribution in [0.15, 0.2) is 35.4 Å². The minimum absolute atomic E-state index is 0.0165. The second kappa shape index (κ2) is 7.10. The van der Waals surface area contributed by atoms with Gasteiger partial charge in [0.15, 0.2) is 11.5 Å². The van der Waals surface area contributed by atoms with Crippen molar-refractivity contribution in [3.63, 3.8) is 0 Å². The van der Waals surface area contributed by atoms with Crippen LogP contribution >= 0.6 is 0 Å². The van der Waals surface area contributed by atoms with Crippen molar-refractivity contribution in [1.82, 2.24) is 30.4 Å². The highest BCUT2D eigenvalue weighted by Gasteiger charge is 2.35. The molecule has 144 valence electrons. The van der Waals surface area contributed by atoms with Crippen molar-refractivity contribution in [3.05, 3.63) is 53.6 Å². The largest absolute Gasteiger partial charge is 0.361 e. The van der Waals surface area contributed by atoms with E-state index >= 15 is 0 Å². The Morgan fingerprint density at radius 3 is 2.86 bits per heavy atom. The lowest BCUT2D eigenvalue weighted by Crippen LogP contribution is -2.37. The van der Waals surface area contributed by atoms with E-state index in [2.05, 4.69) is 39.3 Å². The van der Waals surface area contributed by atoms with Gasteiger partial charge in [-0.3, -0.25) is 9.78 Å². The average molecular weight is 378 g/mol. The van der Waals surface area contributed by atoms with Crippen LogP contribution < -0.4 is 5.32 Å². The predicted molar refractivity (Wildman–Crippen MR) is 101 cm³/mol. The monoisotopic (exact) mass is 378 g/mol. The van der Waals surface area contributed by atoms with Gasteiger partial charge in [-0.1, -0.05) is 25.9 Å². The van der Waals surface area contributed by atoms with E-state index in [1.807, 2.05) is 6.92 Å². The lowest BCUT2D eigenvalue weighted by Gasteiger charge is -2.36. The maximum atomic E-state index is 12.7. The molecule has 0 saturated carbocycles. The molecule has 1 unspecified atom stereocenters. The molecule has 8 nitrogen and oxygen atoms in total. The molecule has 0 aliphatic heterocycles. The fraction of sp³-hybridized carbons (Fsp3) is 0.400. The van der Waals surface area contributed by atoms with Gasteiger partial charge in [0, 0.05) is 36.6 Å². The molecule has 8 heteroatoms. The first-order valence-corrected chi connectivity index (χ1v) is 9.34. The fourth-order valence-corrected chi connectivity index (χ4v) is 3.53. The zero-order valence-corrected chi connectivity index (χ0v) is 16.1. The van der Waals surface area contributed by atoms with E-state index in [1.54, 1.807) is 30.9 Å². The second-order valence-corrected chi connectivity index (χ2v) is 7.79. The Hall–Kier alpha value is -3.16. The summed E-state index contributed by atoms with van der Waals surface area (Å²) < 4.78 is 5.15. The number of nitrogens with one attached hydrogen (secondary N) is 1. The topological polar surface area (TPSA) is 107 Å². The number of amides is 1. The minimum atomic E-state index is -0.255. The smallest absolute Gasteiger partial charge is 0.273 e. The molecular formula is C20H22N6O2. The Kier molecular flexibility index (Phi) is 4.62. The van der Waals surface area contributed by atoms with Crippen molar-refractivity contribution in [3.8, 4) is 11.5 Å². The summed E-state index contributed by atoms with van der Waals surface area (Å²) in [6, 6.07) is 1.49. The van der Waals surface area contributed by atoms with E-state index in [1.165, 1.54) is 0 Å². The molecule has 0 fully saturated rings. The molecular weight excluding hydrogens is 356 g/mol. The Morgan fingerprint density at radius 1 is 1.29 bits per heavy atom. The fourth-order valence-electron chi connectivity index (χ4n) is 3.53. The average Bonchev–Trinajstić information content (AvgIpc) is 3.17. The molecule has 0 aromatic carbocycles. The normalized spacial score (nSPS) is 17.8. The molecule has 0 radical (unpaired) electrons. The van der Waals surface area contributed by atoms with E-state index < -0.39 is 0 Å². The number of carbonyl (C=O) groups excluding carboxylic acids is 1. The Balaban J connectivity index is 1.63. The molecule has 1 N–H and O–H groups in total. The van der Waals surface area contributed by atoms with Gasteiger partial charge >= 0.3 is 0 Å². The first-order chi connectivity index (χ1) is 13.4. The van der Waals surface area contributed by atoms with Crippen molar-refractivity contribution in [2.75, 3.05) is 0 Å². The van der Waals surface area contributed by atoms with Crippen LogP contribution in [-0.4, -0.2) is 31.0 Å². The number of carbonyl (C=O) groups is 1. The van der Waals surface area contributed by atoms with Gasteiger partial charge in [-0.25, -0.2) is 15.0 Å². The third kappa shape index (κ3) is 3.62. The third-order valence-corrected chi connectivity index (χ3v) is 4.92. The summed E-state index contributed by atoms with van der Waals surface area (Å²) >= 11 is 0. The van der Waals surface area contributed by atoms with Gasteiger partial charge < -0.3 is 9.84 Å². The van der Waals surface area contributed by atoms with Crippen molar-refractivity contribution >= 4 is 5.91 Å². The Labute approximate surface area is 162 Å². The van der Waals surface area contributed by atoms with Crippen LogP contribution in [-0.2, 0) is 12.8 Å². The van der Waals surface area contributed by atoms with Crippen molar-refractivity contribution < 1.29 is 9.32 Å². The summed E-state index contributed by atoms with van der Waals surface area (Å²) in [5, 5.41) is 6.94. The molecule has 0 bridgehead atoms. The number of rotatable bonds is 4. The number of hydrogen-bond acceptors (Lipinski definition) is 7. The van der Waals surface area contributed by atoms with Crippen molar-refractivity contribution in [1.29, 1.82) is 0 Å². The zero-order valence-electron chi connectivity index (χ0n) is 16.1. The number of nitrogens with zero attached hydrogens (tertiary/aromatic N) is 5. The highest BCUT2D eigenvalue weighted by atomic mass is 16.5. The van der Waals surface area contributed by atoms with Gasteiger partial charge in [0.1, 0.15) is 11.5 Å². The SMILES string of the molecule is CCc1cc(C(=O)NC2CC(C)(C)Cc3nc(-c4cnccn4)ncc32)no1. The van der Waals surface area contributed by atoms with Crippen LogP contribution in [0.25, 0.3) is 11.5 Å². The molecule has 1 amide bonds. The van der Waals surface area contributed by atoms with Crippen LogP contribution in [0.2, 0.25) is 0 Å². The van der Waals surface area contributed by atoms with Gasteiger partial charge in [0.05, 0.1) is 17.9 Å². The maximum absolute atomic E-state index is 12.7. The van der Waals surface area contributed by atoms with Gasteiger partial charge in [-0.2, -0.15) is 0 Å². The lowest BCUT2D eigenvalue weighted by molar-refractivity contribution is 0.0909. The van der Waals surface area contributed by atoms with E-state index in [-0.39, 0.29) is 17.4 Å². The minimum Gasteiger partial charge on any atom is -0.361 e. The van der Waals surface area contributed by atoms with Gasteiger partial charge in [0.25, 0.3) is 5.91 Å². The van der Waals surface area contributed by atoms with Crippen LogP contribution in [0.3, 0.4) is 0 Å². The third-order valence-electron chi connectivity index (χ3n) is 4.92. The lowest BCUT2D eigenvalue weighted by atomic mass is 9.74. The molecule has 3 aromatic heterocycles. The highest BCUT2D eigenvalue weighted by Crippen LogP contribution is 2.40. The molecule has 1 atom stereocenters. The number of hydrogen-bond donors (Lipinski definition) is 1. The molecule has 28 heavy (non-hydrogen) atoms. The molecule has 0 spiro atoms. The first-order valence-electron chi connectivity index (χ1n) is 9.34.